The molecule has 0 aliphatic carbocycles. The normalized spacial score (nSPS) is 11.1. The van der Waals surface area contributed by atoms with E-state index in [1.807, 2.05) is 84.9 Å². The Morgan fingerprint density at radius 1 is 0.857 bits per heavy atom. The second-order valence-corrected chi connectivity index (χ2v) is 6.72. The number of aromatic amines is 1. The lowest BCUT2D eigenvalue weighted by atomic mass is 10.1. The summed E-state index contributed by atoms with van der Waals surface area (Å²) in [6, 6.07) is 27.7. The zero-order valence-electron chi connectivity index (χ0n) is 15.1. The van der Waals surface area contributed by atoms with Crippen LogP contribution in [-0.4, -0.2) is 15.1 Å². The fraction of sp³-hybridized carbons (Fsp3) is 0.0417. The average Bonchev–Trinajstić information content (AvgIpc) is 3.07. The third-order valence-electron chi connectivity index (χ3n) is 4.85. The van der Waals surface area contributed by atoms with Crippen molar-refractivity contribution in [1.29, 1.82) is 0 Å². The van der Waals surface area contributed by atoms with Gasteiger partial charge in [-0.05, 0) is 35.9 Å². The minimum Gasteiger partial charge on any atom is -0.494 e. The molecule has 2 aromatic heterocycles. The summed E-state index contributed by atoms with van der Waals surface area (Å²) in [5.74, 6) is 0.857. The van der Waals surface area contributed by atoms with E-state index in [0.29, 0.717) is 12.2 Å². The lowest BCUT2D eigenvalue weighted by Gasteiger charge is -2.07. The van der Waals surface area contributed by atoms with E-state index in [1.165, 1.54) is 0 Å². The van der Waals surface area contributed by atoms with Crippen LogP contribution in [0.3, 0.4) is 0 Å². The molecule has 0 saturated heterocycles. The van der Waals surface area contributed by atoms with Crippen LogP contribution in [0.15, 0.2) is 84.9 Å². The first kappa shape index (κ1) is 16.4. The largest absolute Gasteiger partial charge is 0.494 e. The molecule has 5 aromatic rings. The molecule has 0 amide bonds. The van der Waals surface area contributed by atoms with Gasteiger partial charge in [0.2, 0.25) is 0 Å². The molecule has 0 spiro atoms. The molecule has 4 heteroatoms. The molecule has 0 radical (unpaired) electrons. The van der Waals surface area contributed by atoms with Crippen molar-refractivity contribution in [2.45, 2.75) is 6.61 Å². The predicted molar refractivity (Wildman–Crippen MR) is 111 cm³/mol. The summed E-state index contributed by atoms with van der Waals surface area (Å²) < 4.78 is 5.95. The number of benzene rings is 3. The van der Waals surface area contributed by atoms with Crippen molar-refractivity contribution in [2.24, 2.45) is 0 Å². The minimum atomic E-state index is 0.109. The van der Waals surface area contributed by atoms with Crippen LogP contribution >= 0.6 is 0 Å². The molecule has 0 atom stereocenters. The van der Waals surface area contributed by atoms with Gasteiger partial charge >= 0.3 is 0 Å². The van der Waals surface area contributed by atoms with Crippen LogP contribution in [0.25, 0.3) is 33.1 Å². The molecule has 0 aliphatic heterocycles. The number of aromatic nitrogens is 2. The molecular formula is C24H18N2O2. The summed E-state index contributed by atoms with van der Waals surface area (Å²) in [5, 5.41) is 12.5. The third-order valence-corrected chi connectivity index (χ3v) is 4.85. The van der Waals surface area contributed by atoms with Crippen molar-refractivity contribution in [2.75, 3.05) is 0 Å². The number of nitrogens with zero attached hydrogens (tertiary/aromatic N) is 1. The number of pyridine rings is 1. The number of fused-ring (bicyclic) bond motifs is 2. The van der Waals surface area contributed by atoms with E-state index in [4.69, 9.17) is 9.72 Å². The highest BCUT2D eigenvalue weighted by Crippen LogP contribution is 2.38. The van der Waals surface area contributed by atoms with Crippen molar-refractivity contribution in [3.63, 3.8) is 0 Å². The summed E-state index contributed by atoms with van der Waals surface area (Å²) in [4.78, 5) is 7.77. The van der Waals surface area contributed by atoms with Crippen LogP contribution in [0.1, 0.15) is 5.56 Å². The van der Waals surface area contributed by atoms with Crippen LogP contribution in [0, 0.1) is 0 Å². The summed E-state index contributed by atoms with van der Waals surface area (Å²) >= 11 is 0. The fourth-order valence-electron chi connectivity index (χ4n) is 3.45. The van der Waals surface area contributed by atoms with E-state index in [2.05, 4.69) is 4.98 Å². The maximum atomic E-state index is 10.5. The van der Waals surface area contributed by atoms with Crippen LogP contribution in [0.2, 0.25) is 0 Å². The summed E-state index contributed by atoms with van der Waals surface area (Å²) in [5.41, 5.74) is 4.25. The predicted octanol–water partition coefficient (Wildman–Crippen LogP) is 5.67. The summed E-state index contributed by atoms with van der Waals surface area (Å²) in [6.07, 6.45) is 0. The van der Waals surface area contributed by atoms with Gasteiger partial charge in [-0.25, -0.2) is 4.98 Å². The van der Waals surface area contributed by atoms with Gasteiger partial charge in [-0.2, -0.15) is 0 Å². The van der Waals surface area contributed by atoms with Gasteiger partial charge < -0.3 is 14.8 Å². The molecule has 2 N–H and O–H groups in total. The lowest BCUT2D eigenvalue weighted by molar-refractivity contribution is 0.306. The number of nitrogens with one attached hydrogen (secondary N) is 1. The van der Waals surface area contributed by atoms with Crippen molar-refractivity contribution in [1.82, 2.24) is 9.97 Å². The van der Waals surface area contributed by atoms with Gasteiger partial charge in [0.05, 0.1) is 16.8 Å². The number of H-pyrrole nitrogens is 1. The molecule has 0 fully saturated rings. The molecular weight excluding hydrogens is 348 g/mol. The second kappa shape index (κ2) is 6.74. The molecule has 2 heterocycles. The first-order valence-electron chi connectivity index (χ1n) is 9.15. The zero-order valence-corrected chi connectivity index (χ0v) is 15.1. The Morgan fingerprint density at radius 2 is 1.68 bits per heavy atom. The highest BCUT2D eigenvalue weighted by Gasteiger charge is 2.15. The number of hydrogen-bond acceptors (Lipinski definition) is 3. The Morgan fingerprint density at radius 3 is 2.57 bits per heavy atom. The Bertz CT molecular complexity index is 1280. The topological polar surface area (TPSA) is 58.1 Å². The summed E-state index contributed by atoms with van der Waals surface area (Å²) in [7, 11) is 0. The monoisotopic (exact) mass is 366 g/mol. The van der Waals surface area contributed by atoms with Crippen molar-refractivity contribution >= 4 is 21.8 Å². The molecule has 136 valence electrons. The van der Waals surface area contributed by atoms with Gasteiger partial charge in [-0.3, -0.25) is 0 Å². The first-order chi connectivity index (χ1) is 13.8. The number of para-hydroxylation sites is 1. The maximum Gasteiger partial charge on any atom is 0.199 e. The lowest BCUT2D eigenvalue weighted by Crippen LogP contribution is -1.94. The van der Waals surface area contributed by atoms with Gasteiger partial charge in [0, 0.05) is 16.3 Å². The maximum absolute atomic E-state index is 10.5. The smallest absolute Gasteiger partial charge is 0.199 e. The van der Waals surface area contributed by atoms with Gasteiger partial charge in [0.25, 0.3) is 0 Å². The quantitative estimate of drug-likeness (QED) is 0.431. The van der Waals surface area contributed by atoms with Crippen molar-refractivity contribution < 1.29 is 9.84 Å². The minimum absolute atomic E-state index is 0.109. The Kier molecular flexibility index (Phi) is 3.95. The standard InChI is InChI=1S/C24H18N2O2/c27-24-23(22-12-10-17-8-4-5-9-20(17)25-22)19-14-18(11-13-21(19)26-24)28-15-16-6-2-1-3-7-16/h1-14,26-27H,15H2. The van der Waals surface area contributed by atoms with Gasteiger partial charge in [-0.1, -0.05) is 54.6 Å². The molecule has 3 aromatic carbocycles. The highest BCUT2D eigenvalue weighted by molar-refractivity contribution is 5.99. The fourth-order valence-corrected chi connectivity index (χ4v) is 3.45. The summed E-state index contributed by atoms with van der Waals surface area (Å²) in [6.45, 7) is 0.492. The van der Waals surface area contributed by atoms with Crippen LogP contribution in [-0.2, 0) is 6.61 Å². The molecule has 0 saturated carbocycles. The van der Waals surface area contributed by atoms with E-state index in [0.717, 1.165) is 38.8 Å². The SMILES string of the molecule is Oc1[nH]c2ccc(OCc3ccccc3)cc2c1-c1ccc2ccccc2n1. The second-order valence-electron chi connectivity index (χ2n) is 6.72. The highest BCUT2D eigenvalue weighted by atomic mass is 16.5. The van der Waals surface area contributed by atoms with E-state index < -0.39 is 0 Å². The molecule has 28 heavy (non-hydrogen) atoms. The van der Waals surface area contributed by atoms with Gasteiger partial charge in [0.15, 0.2) is 5.88 Å². The van der Waals surface area contributed by atoms with Gasteiger partial charge in [0.1, 0.15) is 12.4 Å². The zero-order chi connectivity index (χ0) is 18.9. The van der Waals surface area contributed by atoms with Crippen LogP contribution in [0.5, 0.6) is 11.6 Å². The molecule has 4 nitrogen and oxygen atoms in total. The molecule has 5 rings (SSSR count). The van der Waals surface area contributed by atoms with E-state index in [9.17, 15) is 5.11 Å². The Labute approximate surface area is 162 Å². The third kappa shape index (κ3) is 2.95. The van der Waals surface area contributed by atoms with E-state index in [-0.39, 0.29) is 5.88 Å². The Balaban J connectivity index is 1.55. The van der Waals surface area contributed by atoms with E-state index in [1.54, 1.807) is 0 Å². The molecule has 0 bridgehead atoms. The van der Waals surface area contributed by atoms with Crippen molar-refractivity contribution in [3.8, 4) is 22.9 Å². The average molecular weight is 366 g/mol. The number of hydrogen-bond donors (Lipinski definition) is 2. The van der Waals surface area contributed by atoms with E-state index >= 15 is 0 Å². The molecule has 0 unspecified atom stereocenters. The van der Waals surface area contributed by atoms with Crippen molar-refractivity contribution in [3.05, 3.63) is 90.5 Å². The number of ether oxygens (including phenoxy) is 1. The Hall–Kier alpha value is -3.79. The first-order valence-corrected chi connectivity index (χ1v) is 9.15. The number of aromatic hydroxyl groups is 1. The van der Waals surface area contributed by atoms with Crippen LogP contribution < -0.4 is 4.74 Å². The number of rotatable bonds is 4. The molecule has 0 aliphatic rings. The van der Waals surface area contributed by atoms with Crippen LogP contribution in [0.4, 0.5) is 0 Å². The van der Waals surface area contributed by atoms with Gasteiger partial charge in [-0.15, -0.1) is 0 Å².